The number of carbonyl (C=O) groups is 2. The molecule has 0 aliphatic heterocycles. The van der Waals surface area contributed by atoms with Crippen LogP contribution in [0.2, 0.25) is 0 Å². The van der Waals surface area contributed by atoms with E-state index in [9.17, 15) is 18.0 Å². The van der Waals surface area contributed by atoms with Gasteiger partial charge in [-0.05, 0) is 52.0 Å². The minimum Gasteiger partial charge on any atom is -0.447 e. The van der Waals surface area contributed by atoms with Crippen LogP contribution in [0.1, 0.15) is 37.0 Å². The number of sulfonamides is 1. The molecule has 1 amide bonds. The zero-order valence-electron chi connectivity index (χ0n) is 15.3. The lowest BCUT2D eigenvalue weighted by Gasteiger charge is -2.13. The van der Waals surface area contributed by atoms with Gasteiger partial charge in [-0.25, -0.2) is 17.9 Å². The van der Waals surface area contributed by atoms with Crippen molar-refractivity contribution in [3.8, 4) is 0 Å². The van der Waals surface area contributed by atoms with E-state index in [4.69, 9.17) is 9.26 Å². The maximum Gasteiger partial charge on any atom is 0.377 e. The normalized spacial score (nSPS) is 12.6. The lowest BCUT2D eigenvalue weighted by Crippen LogP contribution is -2.30. The molecule has 1 aromatic carbocycles. The Kier molecular flexibility index (Phi) is 6.34. The number of benzene rings is 1. The molecule has 27 heavy (non-hydrogen) atoms. The van der Waals surface area contributed by atoms with Gasteiger partial charge in [0, 0.05) is 17.8 Å². The van der Waals surface area contributed by atoms with E-state index in [0.29, 0.717) is 11.4 Å². The fraction of sp³-hybridized carbons (Fsp3) is 0.353. The van der Waals surface area contributed by atoms with Crippen molar-refractivity contribution in [3.05, 3.63) is 41.8 Å². The Labute approximate surface area is 157 Å². The maximum absolute atomic E-state index is 12.1. The van der Waals surface area contributed by atoms with E-state index < -0.39 is 28.0 Å². The van der Waals surface area contributed by atoms with Crippen LogP contribution in [0.25, 0.3) is 0 Å². The van der Waals surface area contributed by atoms with E-state index in [1.165, 1.54) is 37.3 Å². The number of esters is 1. The van der Waals surface area contributed by atoms with Crippen molar-refractivity contribution in [2.24, 2.45) is 0 Å². The minimum atomic E-state index is -3.61. The summed E-state index contributed by atoms with van der Waals surface area (Å²) in [5, 5.41) is 6.12. The summed E-state index contributed by atoms with van der Waals surface area (Å²) in [7, 11) is -3.61. The first-order chi connectivity index (χ1) is 12.6. The molecule has 0 saturated heterocycles. The van der Waals surface area contributed by atoms with Crippen LogP contribution >= 0.6 is 0 Å². The third-order valence-electron chi connectivity index (χ3n) is 3.31. The highest BCUT2D eigenvalue weighted by molar-refractivity contribution is 7.89. The average Bonchev–Trinajstić information content (AvgIpc) is 3.00. The van der Waals surface area contributed by atoms with Gasteiger partial charge in [-0.3, -0.25) is 4.79 Å². The van der Waals surface area contributed by atoms with Gasteiger partial charge < -0.3 is 14.6 Å². The summed E-state index contributed by atoms with van der Waals surface area (Å²) in [6.07, 6.45) is -1.09. The quantitative estimate of drug-likeness (QED) is 0.685. The van der Waals surface area contributed by atoms with Crippen molar-refractivity contribution in [3.63, 3.8) is 0 Å². The van der Waals surface area contributed by atoms with Crippen LogP contribution in [0.5, 0.6) is 0 Å². The molecule has 0 bridgehead atoms. The highest BCUT2D eigenvalue weighted by atomic mass is 32.2. The summed E-state index contributed by atoms with van der Waals surface area (Å²) in [5.41, 5.74) is 0.878. The van der Waals surface area contributed by atoms with Crippen LogP contribution in [0.15, 0.2) is 39.8 Å². The van der Waals surface area contributed by atoms with Crippen molar-refractivity contribution in [1.82, 2.24) is 9.88 Å². The van der Waals surface area contributed by atoms with Gasteiger partial charge in [0.25, 0.3) is 5.91 Å². The predicted octanol–water partition coefficient (Wildman–Crippen LogP) is 1.85. The van der Waals surface area contributed by atoms with Gasteiger partial charge in [-0.2, -0.15) is 0 Å². The second kappa shape index (κ2) is 8.31. The molecular weight excluding hydrogens is 374 g/mol. The number of nitrogens with one attached hydrogen (secondary N) is 2. The number of rotatable bonds is 7. The number of anilines is 1. The second-order valence-corrected chi connectivity index (χ2v) is 7.88. The Morgan fingerprint density at radius 3 is 2.30 bits per heavy atom. The van der Waals surface area contributed by atoms with Crippen LogP contribution in [-0.2, 0) is 19.6 Å². The van der Waals surface area contributed by atoms with E-state index in [2.05, 4.69) is 15.2 Å². The van der Waals surface area contributed by atoms with Crippen LogP contribution < -0.4 is 10.0 Å². The molecule has 0 radical (unpaired) electrons. The van der Waals surface area contributed by atoms with Crippen molar-refractivity contribution in [2.75, 3.05) is 5.32 Å². The number of amides is 1. The fourth-order valence-corrected chi connectivity index (χ4v) is 3.32. The number of nitrogens with zero attached hydrogens (tertiary/aromatic N) is 1. The first-order valence-corrected chi connectivity index (χ1v) is 9.64. The second-order valence-electron chi connectivity index (χ2n) is 6.17. The number of hydrogen-bond acceptors (Lipinski definition) is 7. The molecule has 2 rings (SSSR count). The zero-order valence-corrected chi connectivity index (χ0v) is 16.2. The van der Waals surface area contributed by atoms with E-state index in [0.717, 1.165) is 0 Å². The molecule has 9 nitrogen and oxygen atoms in total. The monoisotopic (exact) mass is 395 g/mol. The van der Waals surface area contributed by atoms with Crippen LogP contribution in [0.4, 0.5) is 5.69 Å². The molecule has 2 aromatic rings. The Morgan fingerprint density at radius 2 is 1.78 bits per heavy atom. The topological polar surface area (TPSA) is 128 Å². The van der Waals surface area contributed by atoms with Crippen molar-refractivity contribution in [2.45, 2.75) is 44.7 Å². The average molecular weight is 395 g/mol. The molecule has 1 unspecified atom stereocenters. The third-order valence-corrected chi connectivity index (χ3v) is 4.98. The third kappa shape index (κ3) is 5.63. The molecule has 146 valence electrons. The molecule has 0 fully saturated rings. The molecule has 10 heteroatoms. The zero-order chi connectivity index (χ0) is 20.2. The lowest BCUT2D eigenvalue weighted by atomic mass is 10.3. The lowest BCUT2D eigenvalue weighted by molar-refractivity contribution is -0.123. The van der Waals surface area contributed by atoms with Crippen molar-refractivity contribution in [1.29, 1.82) is 0 Å². The molecule has 1 heterocycles. The standard InChI is InChI=1S/C17H21N3O6S/c1-10(2)20-27(23,24)14-7-5-13(6-8-14)18-16(21)12(4)25-17(22)15-9-11(3)19-26-15/h5-10,12,20H,1-4H3,(H,18,21). The maximum atomic E-state index is 12.1. The molecule has 1 aromatic heterocycles. The molecular formula is C17H21N3O6S. The molecule has 0 spiro atoms. The summed E-state index contributed by atoms with van der Waals surface area (Å²) in [6.45, 7) is 6.49. The van der Waals surface area contributed by atoms with E-state index >= 15 is 0 Å². The fourth-order valence-electron chi connectivity index (χ4n) is 2.07. The minimum absolute atomic E-state index is 0.0781. The first kappa shape index (κ1) is 20.6. The van der Waals surface area contributed by atoms with E-state index in [1.54, 1.807) is 20.8 Å². The smallest absolute Gasteiger partial charge is 0.377 e. The predicted molar refractivity (Wildman–Crippen MR) is 96.6 cm³/mol. The highest BCUT2D eigenvalue weighted by Gasteiger charge is 2.22. The Balaban J connectivity index is 1.98. The van der Waals surface area contributed by atoms with E-state index in [1.807, 2.05) is 0 Å². The van der Waals surface area contributed by atoms with Crippen LogP contribution in [0, 0.1) is 6.92 Å². The Bertz CT molecular complexity index is 918. The van der Waals surface area contributed by atoms with Gasteiger partial charge >= 0.3 is 5.97 Å². The van der Waals surface area contributed by atoms with Gasteiger partial charge in [-0.1, -0.05) is 5.16 Å². The molecule has 0 aliphatic carbocycles. The number of hydrogen-bond donors (Lipinski definition) is 2. The van der Waals surface area contributed by atoms with Gasteiger partial charge in [0.2, 0.25) is 15.8 Å². The van der Waals surface area contributed by atoms with Gasteiger partial charge in [0.1, 0.15) is 0 Å². The molecule has 0 saturated carbocycles. The van der Waals surface area contributed by atoms with E-state index in [-0.39, 0.29) is 16.7 Å². The Hall–Kier alpha value is -2.72. The summed E-state index contributed by atoms with van der Waals surface area (Å²) < 4.78 is 36.4. The summed E-state index contributed by atoms with van der Waals surface area (Å²) in [5.74, 6) is -1.48. The molecule has 0 aliphatic rings. The van der Waals surface area contributed by atoms with Crippen LogP contribution in [0.3, 0.4) is 0 Å². The number of aromatic nitrogens is 1. The highest BCUT2D eigenvalue weighted by Crippen LogP contribution is 2.15. The van der Waals surface area contributed by atoms with Gasteiger partial charge in [0.05, 0.1) is 10.6 Å². The van der Waals surface area contributed by atoms with Crippen molar-refractivity contribution < 1.29 is 27.3 Å². The molecule has 1 atom stereocenters. The molecule has 2 N–H and O–H groups in total. The van der Waals surface area contributed by atoms with Crippen LogP contribution in [-0.4, -0.2) is 37.6 Å². The summed E-state index contributed by atoms with van der Waals surface area (Å²) in [4.78, 5) is 24.1. The summed E-state index contributed by atoms with van der Waals surface area (Å²) in [6, 6.07) is 6.79. The first-order valence-electron chi connectivity index (χ1n) is 8.16. The number of aryl methyl sites for hydroxylation is 1. The Morgan fingerprint density at radius 1 is 1.15 bits per heavy atom. The number of ether oxygens (including phenoxy) is 1. The van der Waals surface area contributed by atoms with Gasteiger partial charge in [0.15, 0.2) is 6.10 Å². The number of carbonyl (C=O) groups excluding carboxylic acids is 2. The SMILES string of the molecule is Cc1cc(C(=O)OC(C)C(=O)Nc2ccc(S(=O)(=O)NC(C)C)cc2)on1. The largest absolute Gasteiger partial charge is 0.447 e. The summed E-state index contributed by atoms with van der Waals surface area (Å²) >= 11 is 0. The van der Waals surface area contributed by atoms with Crippen molar-refractivity contribution >= 4 is 27.6 Å². The van der Waals surface area contributed by atoms with Gasteiger partial charge in [-0.15, -0.1) is 0 Å².